The average molecular weight is 310 g/mol. The fraction of sp³-hybridized carbons (Fsp3) is 0.571. The molecule has 1 N–H and O–H groups in total. The van der Waals surface area contributed by atoms with Crippen molar-refractivity contribution in [1.29, 1.82) is 0 Å². The summed E-state index contributed by atoms with van der Waals surface area (Å²) in [5, 5.41) is 7.60. The Morgan fingerprint density at radius 1 is 0.789 bits per heavy atom. The number of alkyl halides is 10. The molecule has 2 nitrogen and oxygen atoms in total. The van der Waals surface area contributed by atoms with E-state index in [1.807, 2.05) is 0 Å². The van der Waals surface area contributed by atoms with Crippen LogP contribution in [0.5, 0.6) is 0 Å². The van der Waals surface area contributed by atoms with Gasteiger partial charge in [0, 0.05) is 6.08 Å². The third-order valence-electron chi connectivity index (χ3n) is 1.28. The molecule has 0 fully saturated rings. The maximum absolute atomic E-state index is 11.6. The van der Waals surface area contributed by atoms with Crippen molar-refractivity contribution < 1.29 is 53.8 Å². The number of hydrogen-bond donors (Lipinski definition) is 1. The van der Waals surface area contributed by atoms with E-state index < -0.39 is 30.2 Å². The molecule has 0 unspecified atom stereocenters. The van der Waals surface area contributed by atoms with Crippen molar-refractivity contribution in [2.75, 3.05) is 0 Å². The number of carbonyl (C=O) groups is 1. The highest BCUT2D eigenvalue weighted by Crippen LogP contribution is 2.53. The van der Waals surface area contributed by atoms with E-state index in [1.54, 1.807) is 0 Å². The van der Waals surface area contributed by atoms with E-state index in [0.717, 1.165) is 6.08 Å². The van der Waals surface area contributed by atoms with Gasteiger partial charge in [0.2, 0.25) is 0 Å². The van der Waals surface area contributed by atoms with E-state index in [0.29, 0.717) is 0 Å². The molecule has 0 aliphatic rings. The molecule has 0 bridgehead atoms. The number of hydrogen-bond acceptors (Lipinski definition) is 1. The molecule has 0 aromatic carbocycles. The summed E-state index contributed by atoms with van der Waals surface area (Å²) in [6, 6.07) is 0. The van der Waals surface area contributed by atoms with Crippen LogP contribution in [0.2, 0.25) is 0 Å². The van der Waals surface area contributed by atoms with Crippen molar-refractivity contribution in [3.05, 3.63) is 12.7 Å². The van der Waals surface area contributed by atoms with Crippen LogP contribution in [0.15, 0.2) is 12.7 Å². The Morgan fingerprint density at radius 3 is 1.00 bits per heavy atom. The summed E-state index contributed by atoms with van der Waals surface area (Å²) in [7, 11) is 0. The van der Waals surface area contributed by atoms with Gasteiger partial charge in [0.05, 0.1) is 0 Å². The predicted octanol–water partition coefficient (Wildman–Crippen LogP) is 3.64. The van der Waals surface area contributed by atoms with Gasteiger partial charge in [-0.15, -0.1) is 0 Å². The van der Waals surface area contributed by atoms with Crippen LogP contribution in [0.3, 0.4) is 0 Å². The number of carboxylic acid groups (broad SMARTS) is 1. The Hall–Kier alpha value is -1.49. The predicted molar refractivity (Wildman–Crippen MR) is 39.8 cm³/mol. The minimum atomic E-state index is -7.14. The number of halogens is 10. The summed E-state index contributed by atoms with van der Waals surface area (Å²) < 4.78 is 113. The van der Waals surface area contributed by atoms with E-state index in [2.05, 4.69) is 6.58 Å². The van der Waals surface area contributed by atoms with Crippen LogP contribution in [0.4, 0.5) is 43.9 Å². The lowest BCUT2D eigenvalue weighted by Crippen LogP contribution is -2.59. The standard InChI is InChI=1S/C4F10.C3H4O2/c5-1(6,3(9,10)11)2(7,8)4(12,13)14;1-2-3(4)5/h;2H,1H2,(H,4,5). The molecule has 0 aliphatic carbocycles. The summed E-state index contributed by atoms with van der Waals surface area (Å²) in [5.74, 6) is -15.3. The first-order valence-corrected chi connectivity index (χ1v) is 3.76. The Bertz CT molecular complexity index is 302. The highest BCUT2D eigenvalue weighted by atomic mass is 19.4. The zero-order valence-corrected chi connectivity index (χ0v) is 8.42. The zero-order chi connectivity index (χ0) is 16.3. The van der Waals surface area contributed by atoms with Crippen LogP contribution < -0.4 is 0 Å². The monoisotopic (exact) mass is 310 g/mol. The Morgan fingerprint density at radius 2 is 0.947 bits per heavy atom. The molecule has 0 spiro atoms. The summed E-state index contributed by atoms with van der Waals surface area (Å²) in [6.45, 7) is 2.96. The molecule has 0 saturated carbocycles. The molecule has 19 heavy (non-hydrogen) atoms. The van der Waals surface area contributed by atoms with Crippen LogP contribution in [0.1, 0.15) is 0 Å². The van der Waals surface area contributed by atoms with Gasteiger partial charge in [0.25, 0.3) is 0 Å². The normalized spacial score (nSPS) is 13.4. The van der Waals surface area contributed by atoms with E-state index in [4.69, 9.17) is 5.11 Å². The van der Waals surface area contributed by atoms with Crippen LogP contribution in [-0.2, 0) is 4.79 Å². The molecule has 114 valence electrons. The summed E-state index contributed by atoms with van der Waals surface area (Å²) in [6.07, 6.45) is -13.1. The maximum atomic E-state index is 11.6. The first-order chi connectivity index (χ1) is 8.02. The van der Waals surface area contributed by atoms with Gasteiger partial charge in [-0.2, -0.15) is 43.9 Å². The van der Waals surface area contributed by atoms with E-state index in [1.165, 1.54) is 0 Å². The minimum absolute atomic E-state index is 0.833. The highest BCUT2D eigenvalue weighted by molar-refractivity contribution is 5.78. The molecule has 0 aromatic rings. The molecule has 0 amide bonds. The second-order valence-corrected chi connectivity index (χ2v) is 2.69. The highest BCUT2D eigenvalue weighted by Gasteiger charge is 2.82. The number of carboxylic acids is 1. The van der Waals surface area contributed by atoms with Crippen LogP contribution >= 0.6 is 0 Å². The molecule has 0 radical (unpaired) electrons. The number of aliphatic carboxylic acids is 1. The SMILES string of the molecule is C=CC(=O)O.FC(F)(F)C(F)(F)C(F)(F)C(F)(F)F. The third kappa shape index (κ3) is 4.59. The molecular formula is C7H4F10O2. The summed E-state index contributed by atoms with van der Waals surface area (Å²) in [5.41, 5.74) is 0. The first kappa shape index (κ1) is 19.8. The van der Waals surface area contributed by atoms with Crippen molar-refractivity contribution in [2.24, 2.45) is 0 Å². The summed E-state index contributed by atoms with van der Waals surface area (Å²) in [4.78, 5) is 9.25. The van der Waals surface area contributed by atoms with Gasteiger partial charge in [0.15, 0.2) is 0 Å². The second kappa shape index (κ2) is 5.65. The van der Waals surface area contributed by atoms with Crippen molar-refractivity contribution in [1.82, 2.24) is 0 Å². The zero-order valence-electron chi connectivity index (χ0n) is 8.42. The Labute approximate surface area is 97.9 Å². The van der Waals surface area contributed by atoms with Gasteiger partial charge < -0.3 is 5.11 Å². The fourth-order valence-electron chi connectivity index (χ4n) is 0.356. The maximum Gasteiger partial charge on any atom is 0.460 e. The molecule has 0 heterocycles. The van der Waals surface area contributed by atoms with Crippen LogP contribution in [0, 0.1) is 0 Å². The van der Waals surface area contributed by atoms with E-state index in [-0.39, 0.29) is 0 Å². The fourth-order valence-corrected chi connectivity index (χ4v) is 0.356. The van der Waals surface area contributed by atoms with Gasteiger partial charge in [-0.3, -0.25) is 0 Å². The Kier molecular flexibility index (Phi) is 5.90. The third-order valence-corrected chi connectivity index (χ3v) is 1.28. The first-order valence-electron chi connectivity index (χ1n) is 3.76. The minimum Gasteiger partial charge on any atom is -0.478 e. The lowest BCUT2D eigenvalue weighted by atomic mass is 10.1. The summed E-state index contributed by atoms with van der Waals surface area (Å²) >= 11 is 0. The van der Waals surface area contributed by atoms with Gasteiger partial charge in [-0.05, 0) is 0 Å². The lowest BCUT2D eigenvalue weighted by molar-refractivity contribution is -0.419. The van der Waals surface area contributed by atoms with Crippen molar-refractivity contribution in [2.45, 2.75) is 24.2 Å². The van der Waals surface area contributed by atoms with Crippen molar-refractivity contribution >= 4 is 5.97 Å². The molecule has 12 heteroatoms. The van der Waals surface area contributed by atoms with Crippen LogP contribution in [-0.4, -0.2) is 35.3 Å². The molecule has 0 rings (SSSR count). The molecular weight excluding hydrogens is 306 g/mol. The van der Waals surface area contributed by atoms with Crippen molar-refractivity contribution in [3.8, 4) is 0 Å². The van der Waals surface area contributed by atoms with Gasteiger partial charge in [-0.25, -0.2) is 4.79 Å². The smallest absolute Gasteiger partial charge is 0.460 e. The van der Waals surface area contributed by atoms with Gasteiger partial charge in [0.1, 0.15) is 0 Å². The number of rotatable bonds is 2. The lowest BCUT2D eigenvalue weighted by Gasteiger charge is -2.29. The molecule has 0 saturated heterocycles. The van der Waals surface area contributed by atoms with E-state index >= 15 is 0 Å². The molecule has 0 aliphatic heterocycles. The topological polar surface area (TPSA) is 37.3 Å². The largest absolute Gasteiger partial charge is 0.478 e. The van der Waals surface area contributed by atoms with Crippen LogP contribution in [0.25, 0.3) is 0 Å². The quantitative estimate of drug-likeness (QED) is 0.624. The van der Waals surface area contributed by atoms with Crippen molar-refractivity contribution in [3.63, 3.8) is 0 Å². The molecule has 0 aromatic heterocycles. The van der Waals surface area contributed by atoms with Gasteiger partial charge >= 0.3 is 30.2 Å². The second-order valence-electron chi connectivity index (χ2n) is 2.69. The molecule has 0 atom stereocenters. The van der Waals surface area contributed by atoms with E-state index in [9.17, 15) is 48.7 Å². The van der Waals surface area contributed by atoms with Gasteiger partial charge in [-0.1, -0.05) is 6.58 Å². The Balaban J connectivity index is 0. The average Bonchev–Trinajstić information content (AvgIpc) is 2.14.